The average molecular weight is 664 g/mol. The molecule has 0 unspecified atom stereocenters. The Morgan fingerprint density at radius 3 is 2.04 bits per heavy atom. The molecule has 2 aliphatic heterocycles. The standard InChI is InChI=1S/C35H41N3O8S/c1-32(2,3)46-31(42)37-17-33(4,5)19-43-34(6,7)18-36-30(47)38-20-8-11-24-23(14-20)29(41)45-35(24)25-12-9-21(39)15-27(25)44-28-16-22(40)10-13-26(28)35/h8-16,39-40H,17-19H2,1-7H3,(H,37,42)(H2,36,38,47). The number of ether oxygens (including phenoxy) is 4. The number of esters is 1. The van der Waals surface area contributed by atoms with Crippen LogP contribution in [0.3, 0.4) is 0 Å². The first-order chi connectivity index (χ1) is 21.9. The van der Waals surface area contributed by atoms with Gasteiger partial charge in [-0.15, -0.1) is 0 Å². The average Bonchev–Trinajstić information content (AvgIpc) is 3.25. The SMILES string of the molecule is CC(C)(CNC(=O)OC(C)(C)C)COC(C)(C)CNC(=S)Nc1ccc2c(c1)C(=O)OC21c2ccc(O)cc2Oc2cc(O)ccc21. The van der Waals surface area contributed by atoms with E-state index < -0.39 is 28.9 Å². The third-order valence-electron chi connectivity index (χ3n) is 7.67. The molecule has 2 aliphatic rings. The number of anilines is 1. The number of amides is 1. The van der Waals surface area contributed by atoms with E-state index in [2.05, 4.69) is 16.0 Å². The number of rotatable bonds is 8. The molecule has 1 spiro atoms. The van der Waals surface area contributed by atoms with Crippen LogP contribution >= 0.6 is 12.2 Å². The minimum absolute atomic E-state index is 0.0138. The fourth-order valence-electron chi connectivity index (χ4n) is 5.37. The molecule has 0 atom stereocenters. The van der Waals surface area contributed by atoms with Crippen molar-refractivity contribution in [3.8, 4) is 23.0 Å². The predicted molar refractivity (Wildman–Crippen MR) is 180 cm³/mol. The number of phenolic OH excluding ortho intramolecular Hbond substituents is 2. The second kappa shape index (κ2) is 12.2. The first-order valence-electron chi connectivity index (χ1n) is 15.3. The van der Waals surface area contributed by atoms with Crippen molar-refractivity contribution < 1.29 is 38.7 Å². The zero-order valence-electron chi connectivity index (χ0n) is 27.6. The maximum absolute atomic E-state index is 13.4. The summed E-state index contributed by atoms with van der Waals surface area (Å²) in [6.45, 7) is 14.5. The zero-order chi connectivity index (χ0) is 34.4. The maximum atomic E-state index is 13.4. The zero-order valence-corrected chi connectivity index (χ0v) is 28.4. The summed E-state index contributed by atoms with van der Waals surface area (Å²) in [4.78, 5) is 25.5. The third-order valence-corrected chi connectivity index (χ3v) is 7.92. The van der Waals surface area contributed by atoms with Crippen LogP contribution in [0.25, 0.3) is 0 Å². The number of nitrogens with one attached hydrogen (secondary N) is 3. The van der Waals surface area contributed by atoms with Gasteiger partial charge in [0.25, 0.3) is 0 Å². The molecule has 2 heterocycles. The Morgan fingerprint density at radius 1 is 0.851 bits per heavy atom. The number of phenols is 2. The molecule has 0 saturated carbocycles. The van der Waals surface area contributed by atoms with Crippen LogP contribution in [0.2, 0.25) is 0 Å². The highest BCUT2D eigenvalue weighted by atomic mass is 32.1. The Morgan fingerprint density at radius 2 is 1.45 bits per heavy atom. The minimum Gasteiger partial charge on any atom is -0.508 e. The lowest BCUT2D eigenvalue weighted by atomic mass is 9.77. The molecular weight excluding hydrogens is 622 g/mol. The van der Waals surface area contributed by atoms with Crippen molar-refractivity contribution in [2.24, 2.45) is 5.41 Å². The quantitative estimate of drug-likeness (QED) is 0.137. The Hall–Kier alpha value is -4.55. The van der Waals surface area contributed by atoms with Gasteiger partial charge in [-0.25, -0.2) is 9.59 Å². The summed E-state index contributed by atoms with van der Waals surface area (Å²) in [5, 5.41) is 29.7. The first kappa shape index (κ1) is 33.8. The molecule has 250 valence electrons. The van der Waals surface area contributed by atoms with Gasteiger partial charge in [0.1, 0.15) is 28.6 Å². The highest BCUT2D eigenvalue weighted by Gasteiger charge is 2.53. The molecule has 0 bridgehead atoms. The largest absolute Gasteiger partial charge is 0.508 e. The number of carbonyl (C=O) groups is 2. The molecule has 47 heavy (non-hydrogen) atoms. The van der Waals surface area contributed by atoms with Crippen molar-refractivity contribution in [1.29, 1.82) is 0 Å². The van der Waals surface area contributed by atoms with E-state index in [0.717, 1.165) is 0 Å². The van der Waals surface area contributed by atoms with Crippen molar-refractivity contribution in [2.75, 3.05) is 25.0 Å². The lowest BCUT2D eigenvalue weighted by molar-refractivity contribution is -0.0506. The van der Waals surface area contributed by atoms with Crippen LogP contribution < -0.4 is 20.7 Å². The molecule has 1 amide bonds. The summed E-state index contributed by atoms with van der Waals surface area (Å²) in [7, 11) is 0. The molecule has 11 nitrogen and oxygen atoms in total. The molecular formula is C35H41N3O8S. The van der Waals surface area contributed by atoms with E-state index in [4.69, 9.17) is 31.2 Å². The van der Waals surface area contributed by atoms with Gasteiger partial charge in [-0.3, -0.25) is 0 Å². The summed E-state index contributed by atoms with van der Waals surface area (Å²) >= 11 is 5.56. The summed E-state index contributed by atoms with van der Waals surface area (Å²) in [6, 6.07) is 14.5. The second-order valence-electron chi connectivity index (χ2n) is 14.2. The van der Waals surface area contributed by atoms with Gasteiger partial charge in [0.05, 0.1) is 17.8 Å². The Labute approximate surface area is 279 Å². The van der Waals surface area contributed by atoms with Crippen LogP contribution in [-0.4, -0.2) is 58.3 Å². The van der Waals surface area contributed by atoms with Gasteiger partial charge < -0.3 is 45.1 Å². The molecule has 0 saturated heterocycles. The fourth-order valence-corrected chi connectivity index (χ4v) is 5.56. The van der Waals surface area contributed by atoms with E-state index >= 15 is 0 Å². The summed E-state index contributed by atoms with van der Waals surface area (Å²) in [5.41, 5.74) is -0.273. The molecule has 0 radical (unpaired) electrons. The number of thiocarbonyl (C=S) groups is 1. The number of alkyl carbamates (subject to hydrolysis) is 1. The van der Waals surface area contributed by atoms with E-state index in [9.17, 15) is 19.8 Å². The van der Waals surface area contributed by atoms with Crippen molar-refractivity contribution in [2.45, 2.75) is 65.3 Å². The van der Waals surface area contributed by atoms with E-state index in [1.165, 1.54) is 24.3 Å². The lowest BCUT2D eigenvalue weighted by Crippen LogP contribution is -2.45. The van der Waals surface area contributed by atoms with Crippen molar-refractivity contribution in [3.05, 3.63) is 76.9 Å². The Balaban J connectivity index is 1.25. The number of benzene rings is 3. The first-order valence-corrected chi connectivity index (χ1v) is 15.7. The molecule has 12 heteroatoms. The van der Waals surface area contributed by atoms with Crippen molar-refractivity contribution >= 4 is 35.1 Å². The van der Waals surface area contributed by atoms with Gasteiger partial charge in [-0.2, -0.15) is 0 Å². The highest BCUT2D eigenvalue weighted by Crippen LogP contribution is 2.57. The topological polar surface area (TPSA) is 148 Å². The van der Waals surface area contributed by atoms with E-state index in [1.54, 1.807) is 30.3 Å². The number of aromatic hydroxyl groups is 2. The van der Waals surface area contributed by atoms with Crippen LogP contribution in [0.5, 0.6) is 23.0 Å². The molecule has 3 aromatic rings. The van der Waals surface area contributed by atoms with Gasteiger partial charge in [-0.1, -0.05) is 19.9 Å². The van der Waals surface area contributed by atoms with E-state index in [1.807, 2.05) is 48.5 Å². The summed E-state index contributed by atoms with van der Waals surface area (Å²) < 4.78 is 23.7. The fraction of sp³-hybridized carbons (Fsp3) is 0.400. The number of hydrogen-bond acceptors (Lipinski definition) is 9. The molecule has 5 rings (SSSR count). The van der Waals surface area contributed by atoms with E-state index in [0.29, 0.717) is 64.2 Å². The lowest BCUT2D eigenvalue weighted by Gasteiger charge is -2.36. The normalized spacial score (nSPS) is 14.7. The van der Waals surface area contributed by atoms with Gasteiger partial charge in [0.15, 0.2) is 10.7 Å². The molecule has 3 aromatic carbocycles. The summed E-state index contributed by atoms with van der Waals surface area (Å²) in [6.07, 6.45) is -0.471. The molecule has 0 aliphatic carbocycles. The van der Waals surface area contributed by atoms with Crippen LogP contribution in [-0.2, 0) is 19.8 Å². The smallest absolute Gasteiger partial charge is 0.407 e. The molecule has 5 N–H and O–H groups in total. The van der Waals surface area contributed by atoms with Crippen molar-refractivity contribution in [3.63, 3.8) is 0 Å². The van der Waals surface area contributed by atoms with Crippen LogP contribution in [0, 0.1) is 5.41 Å². The van der Waals surface area contributed by atoms with Crippen LogP contribution in [0.15, 0.2) is 54.6 Å². The Kier molecular flexibility index (Phi) is 8.80. The molecule has 0 fully saturated rings. The van der Waals surface area contributed by atoms with Gasteiger partial charge in [0, 0.05) is 53.0 Å². The van der Waals surface area contributed by atoms with Gasteiger partial charge >= 0.3 is 12.1 Å². The van der Waals surface area contributed by atoms with Gasteiger partial charge in [0.2, 0.25) is 0 Å². The number of carbonyl (C=O) groups excluding carboxylic acids is 2. The van der Waals surface area contributed by atoms with Gasteiger partial charge in [-0.05, 0) is 83.2 Å². The Bertz CT molecular complexity index is 1680. The monoisotopic (exact) mass is 663 g/mol. The van der Waals surface area contributed by atoms with Crippen molar-refractivity contribution in [1.82, 2.24) is 10.6 Å². The van der Waals surface area contributed by atoms with Crippen LogP contribution in [0.1, 0.15) is 75.5 Å². The second-order valence-corrected chi connectivity index (χ2v) is 14.6. The number of hydrogen-bond donors (Lipinski definition) is 5. The predicted octanol–water partition coefficient (Wildman–Crippen LogP) is 6.30. The number of fused-ring (bicyclic) bond motifs is 6. The maximum Gasteiger partial charge on any atom is 0.407 e. The molecule has 0 aromatic heterocycles. The van der Waals surface area contributed by atoms with Crippen LogP contribution in [0.4, 0.5) is 10.5 Å². The highest BCUT2D eigenvalue weighted by molar-refractivity contribution is 7.80. The van der Waals surface area contributed by atoms with E-state index in [-0.39, 0.29) is 16.9 Å². The minimum atomic E-state index is -1.34. The third kappa shape index (κ3) is 7.39. The summed E-state index contributed by atoms with van der Waals surface area (Å²) in [5.74, 6) is 0.0497.